The fraction of sp³-hybridized carbons (Fsp3) is 0.308. The molecule has 5 aromatic rings. The molecule has 13 nitrogen and oxygen atoms in total. The lowest BCUT2D eigenvalue weighted by atomic mass is 9.87. The number of nitrogens with two attached hydrogens (primary N) is 1. The molecule has 7 rings (SSSR count). The summed E-state index contributed by atoms with van der Waals surface area (Å²) >= 11 is 0. The van der Waals surface area contributed by atoms with Gasteiger partial charge in [0.2, 0.25) is 5.82 Å². The van der Waals surface area contributed by atoms with Crippen LogP contribution < -0.4 is 5.73 Å². The van der Waals surface area contributed by atoms with E-state index >= 15 is 0 Å². The van der Waals surface area contributed by atoms with Crippen molar-refractivity contribution in [3.8, 4) is 16.8 Å². The van der Waals surface area contributed by atoms with Gasteiger partial charge >= 0.3 is 0 Å². The number of aromatic nitrogens is 8. The molecular formula is C26H25FN10O3S. The summed E-state index contributed by atoms with van der Waals surface area (Å²) in [4.78, 5) is 22.6. The molecule has 6 heterocycles. The fourth-order valence-electron chi connectivity index (χ4n) is 6.24. The molecule has 0 unspecified atom stereocenters. The number of nitrogens with zero attached hydrogens (tertiary/aromatic N) is 8. The summed E-state index contributed by atoms with van der Waals surface area (Å²) in [6.45, 7) is 0. The number of halogens is 1. The Hall–Kier alpha value is -4.66. The number of carbonyl (C=O) groups excluding carboxylic acids is 1. The Balaban J connectivity index is 1.29. The van der Waals surface area contributed by atoms with Crippen molar-refractivity contribution in [1.29, 1.82) is 0 Å². The summed E-state index contributed by atoms with van der Waals surface area (Å²) in [5.41, 5.74) is 9.23. The van der Waals surface area contributed by atoms with Crippen LogP contribution in [0, 0.1) is 5.82 Å². The monoisotopic (exact) mass is 576 g/mol. The van der Waals surface area contributed by atoms with Crippen molar-refractivity contribution in [3.05, 3.63) is 66.5 Å². The number of anilines is 1. The highest BCUT2D eigenvalue weighted by molar-refractivity contribution is 7.91. The molecule has 1 aromatic carbocycles. The van der Waals surface area contributed by atoms with Crippen LogP contribution in [0.25, 0.3) is 22.5 Å². The number of nitrogens with one attached hydrogen (secondary N) is 1. The molecule has 3 atom stereocenters. The van der Waals surface area contributed by atoms with E-state index in [-0.39, 0.29) is 46.3 Å². The van der Waals surface area contributed by atoms with Crippen molar-refractivity contribution in [2.45, 2.75) is 48.6 Å². The summed E-state index contributed by atoms with van der Waals surface area (Å²) in [5.74, 6) is -0.633. The molecule has 15 heteroatoms. The number of hydrogen-bond acceptors (Lipinski definition) is 9. The van der Waals surface area contributed by atoms with Crippen molar-refractivity contribution in [2.24, 2.45) is 0 Å². The smallest absolute Gasteiger partial charge is 0.292 e. The van der Waals surface area contributed by atoms with Gasteiger partial charge in [-0.25, -0.2) is 22.5 Å². The number of amides is 1. The van der Waals surface area contributed by atoms with E-state index in [4.69, 9.17) is 10.7 Å². The first-order valence-electron chi connectivity index (χ1n) is 13.1. The number of aromatic amines is 1. The van der Waals surface area contributed by atoms with Gasteiger partial charge in [0.1, 0.15) is 22.9 Å². The third kappa shape index (κ3) is 4.15. The van der Waals surface area contributed by atoms with Gasteiger partial charge in [-0.3, -0.25) is 4.79 Å². The molecule has 2 fully saturated rings. The number of nitrogen functional groups attached to an aromatic ring is 1. The lowest BCUT2D eigenvalue weighted by molar-refractivity contribution is 0.0556. The van der Waals surface area contributed by atoms with Crippen molar-refractivity contribution < 1.29 is 17.6 Å². The van der Waals surface area contributed by atoms with Gasteiger partial charge in [-0.15, -0.1) is 10.2 Å². The van der Waals surface area contributed by atoms with Gasteiger partial charge < -0.3 is 15.6 Å². The number of rotatable bonds is 5. The van der Waals surface area contributed by atoms with E-state index in [1.807, 2.05) is 4.90 Å². The first-order chi connectivity index (χ1) is 19.7. The van der Waals surface area contributed by atoms with Gasteiger partial charge in [-0.1, -0.05) is 0 Å². The van der Waals surface area contributed by atoms with Gasteiger partial charge in [0, 0.05) is 41.6 Å². The number of benzene rings is 1. The first-order valence-corrected chi connectivity index (χ1v) is 14.9. The second-order valence-corrected chi connectivity index (χ2v) is 12.5. The third-order valence-corrected chi connectivity index (χ3v) is 9.15. The van der Waals surface area contributed by atoms with Crippen LogP contribution in [0.2, 0.25) is 0 Å². The molecule has 210 valence electrons. The molecule has 2 saturated heterocycles. The van der Waals surface area contributed by atoms with Gasteiger partial charge in [0.05, 0.1) is 23.8 Å². The summed E-state index contributed by atoms with van der Waals surface area (Å²) in [5, 5.41) is 16.4. The number of hydrogen-bond donors (Lipinski definition) is 2. The maximum Gasteiger partial charge on any atom is 0.292 e. The number of fused-ring (bicyclic) bond motifs is 3. The first kappa shape index (κ1) is 25.3. The Labute approximate surface area is 233 Å². The number of carbonyl (C=O) groups is 1. The maximum absolute atomic E-state index is 13.4. The molecule has 3 N–H and O–H groups in total. The van der Waals surface area contributed by atoms with Crippen molar-refractivity contribution >= 4 is 27.2 Å². The van der Waals surface area contributed by atoms with E-state index in [1.165, 1.54) is 23.0 Å². The van der Waals surface area contributed by atoms with Crippen LogP contribution in [0.3, 0.4) is 0 Å². The molecule has 1 amide bonds. The van der Waals surface area contributed by atoms with E-state index in [0.29, 0.717) is 41.0 Å². The lowest BCUT2D eigenvalue weighted by Crippen LogP contribution is -2.46. The minimum atomic E-state index is -3.77. The quantitative estimate of drug-likeness (QED) is 0.319. The Morgan fingerprint density at radius 2 is 1.83 bits per heavy atom. The molecule has 2 aliphatic heterocycles. The van der Waals surface area contributed by atoms with Crippen LogP contribution in [0.4, 0.5) is 10.2 Å². The fourth-order valence-corrected chi connectivity index (χ4v) is 7.30. The van der Waals surface area contributed by atoms with Gasteiger partial charge in [0.25, 0.3) is 5.91 Å². The van der Waals surface area contributed by atoms with E-state index in [9.17, 15) is 17.6 Å². The topological polar surface area (TPSA) is 170 Å². The van der Waals surface area contributed by atoms with Gasteiger partial charge in [0.15, 0.2) is 15.5 Å². The lowest BCUT2D eigenvalue weighted by Gasteiger charge is -2.38. The molecule has 0 aliphatic carbocycles. The number of sulfone groups is 1. The molecule has 2 aliphatic rings. The third-order valence-electron chi connectivity index (χ3n) is 7.99. The predicted molar refractivity (Wildman–Crippen MR) is 144 cm³/mol. The zero-order valence-corrected chi connectivity index (χ0v) is 22.7. The Morgan fingerprint density at radius 3 is 2.49 bits per heavy atom. The zero-order chi connectivity index (χ0) is 28.5. The minimum absolute atomic E-state index is 0.0165. The average molecular weight is 577 g/mol. The van der Waals surface area contributed by atoms with Crippen LogP contribution in [0.15, 0.2) is 54.1 Å². The second kappa shape index (κ2) is 9.19. The summed E-state index contributed by atoms with van der Waals surface area (Å²) < 4.78 is 42.4. The molecule has 0 spiro atoms. The normalized spacial score (nSPS) is 20.6. The average Bonchev–Trinajstić information content (AvgIpc) is 3.74. The Morgan fingerprint density at radius 1 is 1.10 bits per heavy atom. The number of piperidine rings is 1. The summed E-state index contributed by atoms with van der Waals surface area (Å²) in [7, 11) is -3.77. The number of H-pyrrole nitrogens is 1. The molecule has 0 radical (unpaired) electrons. The SMILES string of the molecule is CS(=O)(=O)c1c([C@@H]2C[C@H]3CC[C@@H](C2)N3C(=O)c2nnc[nH]2)nc2c(-c3cnn(-c4ccc(F)cc4)c3)cnn2c1N. The highest BCUT2D eigenvalue weighted by atomic mass is 32.2. The standard InChI is InChI=1S/C26H25FN10O3S/c1-41(39,40)22-21(14-8-18-6-7-19(9-14)36(18)26(38)24-29-13-30-34-24)33-25-20(11-32-37(25)23(22)28)15-10-31-35(12-15)17-4-2-16(27)3-5-17/h2-5,10-14,18-19H,6-9,28H2,1H3,(H,29,30,34)/t14-,18-,19+. The molecule has 4 aromatic heterocycles. The van der Waals surface area contributed by atoms with Crippen LogP contribution >= 0.6 is 0 Å². The minimum Gasteiger partial charge on any atom is -0.382 e. The predicted octanol–water partition coefficient (Wildman–Crippen LogP) is 2.38. The Kier molecular flexibility index (Phi) is 5.67. The van der Waals surface area contributed by atoms with Gasteiger partial charge in [-0.2, -0.15) is 14.7 Å². The summed E-state index contributed by atoms with van der Waals surface area (Å²) in [6.07, 6.45) is 10.1. The van der Waals surface area contributed by atoms with E-state index in [2.05, 4.69) is 25.4 Å². The van der Waals surface area contributed by atoms with Gasteiger partial charge in [-0.05, 0) is 49.9 Å². The second-order valence-electron chi connectivity index (χ2n) is 10.5. The Bertz CT molecular complexity index is 1890. The van der Waals surface area contributed by atoms with Crippen LogP contribution in [0.1, 0.15) is 47.9 Å². The van der Waals surface area contributed by atoms with E-state index in [1.54, 1.807) is 35.4 Å². The molecule has 0 saturated carbocycles. The maximum atomic E-state index is 13.4. The highest BCUT2D eigenvalue weighted by Crippen LogP contribution is 2.45. The van der Waals surface area contributed by atoms with Crippen LogP contribution in [-0.2, 0) is 9.84 Å². The molecular weight excluding hydrogens is 551 g/mol. The highest BCUT2D eigenvalue weighted by Gasteiger charge is 2.46. The van der Waals surface area contributed by atoms with E-state index in [0.717, 1.165) is 19.1 Å². The van der Waals surface area contributed by atoms with Crippen molar-refractivity contribution in [1.82, 2.24) is 44.5 Å². The van der Waals surface area contributed by atoms with Crippen molar-refractivity contribution in [2.75, 3.05) is 12.0 Å². The van der Waals surface area contributed by atoms with Crippen LogP contribution in [-0.4, -0.2) is 77.1 Å². The zero-order valence-electron chi connectivity index (χ0n) is 21.8. The molecule has 2 bridgehead atoms. The van der Waals surface area contributed by atoms with Crippen LogP contribution in [0.5, 0.6) is 0 Å². The molecule has 41 heavy (non-hydrogen) atoms. The van der Waals surface area contributed by atoms with Crippen molar-refractivity contribution in [3.63, 3.8) is 0 Å². The summed E-state index contributed by atoms with van der Waals surface area (Å²) in [6, 6.07) is 5.74. The largest absolute Gasteiger partial charge is 0.382 e. The van der Waals surface area contributed by atoms with E-state index < -0.39 is 9.84 Å².